The summed E-state index contributed by atoms with van der Waals surface area (Å²) in [7, 11) is 3.47. The fourth-order valence-corrected chi connectivity index (χ4v) is 2.95. The molecule has 29 heavy (non-hydrogen) atoms. The number of carbonyl (C=O) groups is 1. The van der Waals surface area contributed by atoms with Crippen LogP contribution in [0.1, 0.15) is 16.7 Å². The molecule has 3 rings (SSSR count). The van der Waals surface area contributed by atoms with Crippen LogP contribution >= 0.6 is 15.9 Å². The Bertz CT molecular complexity index is 997. The summed E-state index contributed by atoms with van der Waals surface area (Å²) in [5.41, 5.74) is 2.73. The topological polar surface area (TPSA) is 65.4 Å². The molecule has 6 nitrogen and oxygen atoms in total. The lowest BCUT2D eigenvalue weighted by Crippen LogP contribution is -2.19. The molecule has 1 N–H and O–H groups in total. The van der Waals surface area contributed by atoms with Gasteiger partial charge in [-0.15, -0.1) is 0 Å². The van der Waals surface area contributed by atoms with E-state index in [2.05, 4.69) is 26.3 Å². The fraction of sp³-hybridized carbons (Fsp3) is 0.182. The first-order valence-electron chi connectivity index (χ1n) is 9.02. The summed E-state index contributed by atoms with van der Waals surface area (Å²) in [6.07, 6.45) is 6.87. The van der Waals surface area contributed by atoms with Crippen molar-refractivity contribution in [3.8, 4) is 11.5 Å². The predicted molar refractivity (Wildman–Crippen MR) is 116 cm³/mol. The molecular formula is C22H22BrN3O3. The summed E-state index contributed by atoms with van der Waals surface area (Å²) in [4.78, 5) is 12.1. The van der Waals surface area contributed by atoms with Crippen LogP contribution in [0.25, 0.3) is 6.08 Å². The lowest BCUT2D eigenvalue weighted by atomic mass is 10.1. The van der Waals surface area contributed by atoms with Gasteiger partial charge >= 0.3 is 0 Å². The van der Waals surface area contributed by atoms with E-state index in [0.717, 1.165) is 32.7 Å². The van der Waals surface area contributed by atoms with Crippen LogP contribution in [0.15, 0.2) is 65.4 Å². The normalized spacial score (nSPS) is 10.9. The van der Waals surface area contributed by atoms with Gasteiger partial charge < -0.3 is 14.8 Å². The van der Waals surface area contributed by atoms with Gasteiger partial charge in [0.1, 0.15) is 18.1 Å². The number of aryl methyl sites for hydroxylation is 1. The third-order valence-corrected chi connectivity index (χ3v) is 4.69. The molecule has 0 spiro atoms. The standard InChI is InChI=1S/C22H22BrN3O3/c1-26-14-17(13-25-26)12-24-22(27)10-4-16-3-9-21(28-2)18(11-16)15-29-20-7-5-19(23)6-8-20/h3-11,13-14H,12,15H2,1-2H3,(H,24,27). The second-order valence-electron chi connectivity index (χ2n) is 6.39. The largest absolute Gasteiger partial charge is 0.496 e. The third kappa shape index (κ3) is 6.22. The smallest absolute Gasteiger partial charge is 0.244 e. The van der Waals surface area contributed by atoms with Crippen molar-refractivity contribution in [1.29, 1.82) is 0 Å². The lowest BCUT2D eigenvalue weighted by molar-refractivity contribution is -0.116. The second-order valence-corrected chi connectivity index (χ2v) is 7.30. The van der Waals surface area contributed by atoms with Crippen molar-refractivity contribution in [3.63, 3.8) is 0 Å². The van der Waals surface area contributed by atoms with E-state index in [-0.39, 0.29) is 5.91 Å². The molecule has 0 atom stereocenters. The van der Waals surface area contributed by atoms with Gasteiger partial charge in [0.05, 0.1) is 13.3 Å². The van der Waals surface area contributed by atoms with E-state index in [1.54, 1.807) is 24.1 Å². The fourth-order valence-electron chi connectivity index (χ4n) is 2.69. The first-order chi connectivity index (χ1) is 14.0. The monoisotopic (exact) mass is 455 g/mol. The van der Waals surface area contributed by atoms with Crippen LogP contribution < -0.4 is 14.8 Å². The molecule has 0 unspecified atom stereocenters. The quantitative estimate of drug-likeness (QED) is 0.519. The highest BCUT2D eigenvalue weighted by Crippen LogP contribution is 2.23. The Hall–Kier alpha value is -3.06. The number of nitrogens with zero attached hydrogens (tertiary/aromatic N) is 2. The van der Waals surface area contributed by atoms with Gasteiger partial charge in [-0.2, -0.15) is 5.10 Å². The van der Waals surface area contributed by atoms with Crippen molar-refractivity contribution in [2.75, 3.05) is 7.11 Å². The zero-order valence-electron chi connectivity index (χ0n) is 16.3. The van der Waals surface area contributed by atoms with Crippen LogP contribution in [0.3, 0.4) is 0 Å². The van der Waals surface area contributed by atoms with Gasteiger partial charge in [0.25, 0.3) is 0 Å². The predicted octanol–water partition coefficient (Wildman–Crippen LogP) is 4.10. The van der Waals surface area contributed by atoms with Crippen molar-refractivity contribution in [2.24, 2.45) is 7.05 Å². The maximum absolute atomic E-state index is 12.1. The number of aromatic nitrogens is 2. The van der Waals surface area contributed by atoms with Crippen molar-refractivity contribution >= 4 is 27.9 Å². The molecular weight excluding hydrogens is 434 g/mol. The summed E-state index contributed by atoms with van der Waals surface area (Å²) in [5, 5.41) is 6.92. The number of rotatable bonds is 8. The zero-order chi connectivity index (χ0) is 20.6. The Morgan fingerprint density at radius 2 is 2.03 bits per heavy atom. The van der Waals surface area contributed by atoms with Crippen molar-refractivity contribution in [2.45, 2.75) is 13.2 Å². The first-order valence-corrected chi connectivity index (χ1v) is 9.81. The number of hydrogen-bond acceptors (Lipinski definition) is 4. The van der Waals surface area contributed by atoms with E-state index in [0.29, 0.717) is 13.2 Å². The molecule has 0 saturated heterocycles. The SMILES string of the molecule is COc1ccc(C=CC(=O)NCc2cnn(C)c2)cc1COc1ccc(Br)cc1. The summed E-state index contributed by atoms with van der Waals surface area (Å²) in [5.74, 6) is 1.34. The van der Waals surface area contributed by atoms with Crippen molar-refractivity contribution in [1.82, 2.24) is 15.1 Å². The first kappa shape index (κ1) is 20.7. The number of carbonyl (C=O) groups excluding carboxylic acids is 1. The molecule has 1 heterocycles. The van der Waals surface area contributed by atoms with Gasteiger partial charge in [-0.05, 0) is 48.0 Å². The lowest BCUT2D eigenvalue weighted by Gasteiger charge is -2.11. The highest BCUT2D eigenvalue weighted by molar-refractivity contribution is 9.10. The molecule has 2 aromatic carbocycles. The average molecular weight is 456 g/mol. The minimum atomic E-state index is -0.169. The number of amides is 1. The zero-order valence-corrected chi connectivity index (χ0v) is 17.8. The average Bonchev–Trinajstić information content (AvgIpc) is 3.15. The van der Waals surface area contributed by atoms with E-state index in [4.69, 9.17) is 9.47 Å². The molecule has 0 aliphatic heterocycles. The van der Waals surface area contributed by atoms with Crippen LogP contribution in [0, 0.1) is 0 Å². The van der Waals surface area contributed by atoms with E-state index in [9.17, 15) is 4.79 Å². The van der Waals surface area contributed by atoms with Gasteiger partial charge in [0, 0.05) is 41.5 Å². The molecule has 1 amide bonds. The van der Waals surface area contributed by atoms with Crippen molar-refractivity contribution < 1.29 is 14.3 Å². The maximum Gasteiger partial charge on any atom is 0.244 e. The van der Waals surface area contributed by atoms with E-state index in [1.165, 1.54) is 6.08 Å². The second kappa shape index (κ2) is 9.93. The van der Waals surface area contributed by atoms with E-state index < -0.39 is 0 Å². The Labute approximate surface area is 178 Å². The molecule has 0 bridgehead atoms. The van der Waals surface area contributed by atoms with Crippen molar-refractivity contribution in [3.05, 3.63) is 82.1 Å². The van der Waals surface area contributed by atoms with Crippen LogP contribution in [0.5, 0.6) is 11.5 Å². The summed E-state index contributed by atoms with van der Waals surface area (Å²) in [6, 6.07) is 13.4. The molecule has 0 radical (unpaired) electrons. The number of hydrogen-bond donors (Lipinski definition) is 1. The Morgan fingerprint density at radius 1 is 1.24 bits per heavy atom. The summed E-state index contributed by atoms with van der Waals surface area (Å²) >= 11 is 3.41. The number of ether oxygens (including phenoxy) is 2. The molecule has 7 heteroatoms. The Morgan fingerprint density at radius 3 is 2.72 bits per heavy atom. The molecule has 0 aliphatic rings. The maximum atomic E-state index is 12.1. The van der Waals surface area contributed by atoms with Gasteiger partial charge in [-0.25, -0.2) is 0 Å². The number of halogens is 1. The Balaban J connectivity index is 1.61. The minimum Gasteiger partial charge on any atom is -0.496 e. The van der Waals surface area contributed by atoms with Gasteiger partial charge in [0.15, 0.2) is 0 Å². The van der Waals surface area contributed by atoms with Crippen LogP contribution in [-0.4, -0.2) is 22.8 Å². The third-order valence-electron chi connectivity index (χ3n) is 4.16. The van der Waals surface area contributed by atoms with Crippen LogP contribution in [0.2, 0.25) is 0 Å². The van der Waals surface area contributed by atoms with Crippen LogP contribution in [-0.2, 0) is 25.0 Å². The minimum absolute atomic E-state index is 0.169. The molecule has 0 fully saturated rings. The Kier molecular flexibility index (Phi) is 7.08. The summed E-state index contributed by atoms with van der Waals surface area (Å²) in [6.45, 7) is 0.797. The van der Waals surface area contributed by atoms with E-state index in [1.807, 2.05) is 55.7 Å². The highest BCUT2D eigenvalue weighted by Gasteiger charge is 2.06. The van der Waals surface area contributed by atoms with Crippen LogP contribution in [0.4, 0.5) is 0 Å². The van der Waals surface area contributed by atoms with Gasteiger partial charge in [-0.1, -0.05) is 22.0 Å². The molecule has 3 aromatic rings. The number of methoxy groups -OCH3 is 1. The molecule has 1 aromatic heterocycles. The number of benzene rings is 2. The highest BCUT2D eigenvalue weighted by atomic mass is 79.9. The van der Waals surface area contributed by atoms with E-state index >= 15 is 0 Å². The van der Waals surface area contributed by atoms with Gasteiger partial charge in [0.2, 0.25) is 5.91 Å². The molecule has 150 valence electrons. The number of nitrogens with one attached hydrogen (secondary N) is 1. The summed E-state index contributed by atoms with van der Waals surface area (Å²) < 4.78 is 14.0. The van der Waals surface area contributed by atoms with Gasteiger partial charge in [-0.3, -0.25) is 9.48 Å². The molecule has 0 aliphatic carbocycles. The molecule has 0 saturated carbocycles.